The molecule has 0 radical (unpaired) electrons. The van der Waals surface area contributed by atoms with Crippen LogP contribution in [0.25, 0.3) is 11.0 Å². The van der Waals surface area contributed by atoms with Crippen molar-refractivity contribution in [2.24, 2.45) is 0 Å². The quantitative estimate of drug-likeness (QED) is 0.797. The van der Waals surface area contributed by atoms with E-state index in [4.69, 9.17) is 0 Å². The molecule has 1 atom stereocenters. The topological polar surface area (TPSA) is 38.0 Å². The van der Waals surface area contributed by atoms with Gasteiger partial charge in [0.1, 0.15) is 0 Å². The maximum atomic E-state index is 13.2. The minimum absolute atomic E-state index is 0.228. The molecule has 0 bridgehead atoms. The van der Waals surface area contributed by atoms with Gasteiger partial charge in [0.05, 0.1) is 30.0 Å². The number of nitrogens with zero attached hydrogens (tertiary/aromatic N) is 2. The molecule has 102 valence electrons. The molecule has 0 saturated heterocycles. The second kappa shape index (κ2) is 5.02. The molecule has 1 N–H and O–H groups in total. The maximum Gasteiger partial charge on any atom is 0.159 e. The number of imidazole rings is 1. The first kappa shape index (κ1) is 12.7. The van der Waals surface area contributed by atoms with Crippen molar-refractivity contribution in [3.8, 4) is 0 Å². The van der Waals surface area contributed by atoms with E-state index in [1.165, 1.54) is 6.07 Å². The van der Waals surface area contributed by atoms with Crippen LogP contribution in [-0.4, -0.2) is 14.7 Å². The zero-order chi connectivity index (χ0) is 14.1. The molecular weight excluding hydrogens is 262 g/mol. The van der Waals surface area contributed by atoms with Gasteiger partial charge in [0.2, 0.25) is 0 Å². The summed E-state index contributed by atoms with van der Waals surface area (Å²) < 4.78 is 27.8. The van der Waals surface area contributed by atoms with Crippen LogP contribution in [0.2, 0.25) is 0 Å². The fourth-order valence-electron chi connectivity index (χ4n) is 2.17. The highest BCUT2D eigenvalue weighted by molar-refractivity contribution is 5.74. The maximum absolute atomic E-state index is 13.2. The molecule has 1 heterocycles. The van der Waals surface area contributed by atoms with Crippen LogP contribution in [0, 0.1) is 11.6 Å². The number of para-hydroxylation sites is 2. The Hall–Kier alpha value is -2.27. The Kier molecular flexibility index (Phi) is 3.20. The highest BCUT2D eigenvalue weighted by atomic mass is 19.2. The van der Waals surface area contributed by atoms with Gasteiger partial charge in [0, 0.05) is 0 Å². The molecule has 20 heavy (non-hydrogen) atoms. The lowest BCUT2D eigenvalue weighted by Crippen LogP contribution is -2.08. The number of aliphatic hydroxyl groups excluding tert-OH is 1. The summed E-state index contributed by atoms with van der Waals surface area (Å²) in [5.41, 5.74) is 2.04. The molecule has 0 fully saturated rings. The average Bonchev–Trinajstić information content (AvgIpc) is 2.85. The molecule has 5 heteroatoms. The van der Waals surface area contributed by atoms with Crippen molar-refractivity contribution < 1.29 is 13.9 Å². The minimum atomic E-state index is -0.961. The summed E-state index contributed by atoms with van der Waals surface area (Å²) in [5, 5.41) is 10.1. The molecule has 3 aromatic rings. The van der Waals surface area contributed by atoms with Crippen LogP contribution in [0.15, 0.2) is 48.8 Å². The molecule has 0 aliphatic heterocycles. The zero-order valence-corrected chi connectivity index (χ0v) is 10.5. The number of rotatable bonds is 3. The smallest absolute Gasteiger partial charge is 0.159 e. The molecule has 1 aromatic heterocycles. The van der Waals surface area contributed by atoms with Gasteiger partial charge in [-0.25, -0.2) is 13.8 Å². The fraction of sp³-hybridized carbons (Fsp3) is 0.133. The molecular formula is C15H12F2N2O. The number of aromatic nitrogens is 2. The number of halogens is 2. The van der Waals surface area contributed by atoms with Crippen LogP contribution in [0.3, 0.4) is 0 Å². The summed E-state index contributed by atoms with van der Waals surface area (Å²) in [4.78, 5) is 4.21. The third kappa shape index (κ3) is 2.28. The monoisotopic (exact) mass is 274 g/mol. The van der Waals surface area contributed by atoms with E-state index < -0.39 is 17.7 Å². The average molecular weight is 274 g/mol. The van der Waals surface area contributed by atoms with E-state index in [0.29, 0.717) is 5.56 Å². The van der Waals surface area contributed by atoms with Crippen LogP contribution in [0.1, 0.15) is 11.7 Å². The summed E-state index contributed by atoms with van der Waals surface area (Å²) in [7, 11) is 0. The van der Waals surface area contributed by atoms with E-state index in [0.717, 1.165) is 23.2 Å². The predicted octanol–water partition coefficient (Wildman–Crippen LogP) is 3.05. The Morgan fingerprint density at radius 3 is 2.70 bits per heavy atom. The van der Waals surface area contributed by atoms with Gasteiger partial charge in [-0.05, 0) is 29.8 Å². The van der Waals surface area contributed by atoms with Gasteiger partial charge in [-0.3, -0.25) is 0 Å². The van der Waals surface area contributed by atoms with Gasteiger partial charge in [-0.2, -0.15) is 0 Å². The summed E-state index contributed by atoms with van der Waals surface area (Å²) in [6.07, 6.45) is 0.691. The van der Waals surface area contributed by atoms with Crippen molar-refractivity contribution in [1.82, 2.24) is 9.55 Å². The SMILES string of the molecule is OC(Cn1cnc2ccccc21)c1ccc(F)c(F)c1. The van der Waals surface area contributed by atoms with E-state index >= 15 is 0 Å². The summed E-state index contributed by atoms with van der Waals surface area (Å²) in [6, 6.07) is 10.9. The lowest BCUT2D eigenvalue weighted by molar-refractivity contribution is 0.157. The van der Waals surface area contributed by atoms with Gasteiger partial charge in [0.15, 0.2) is 11.6 Å². The highest BCUT2D eigenvalue weighted by Crippen LogP contribution is 2.20. The second-order valence-electron chi connectivity index (χ2n) is 4.57. The predicted molar refractivity (Wildman–Crippen MR) is 71.1 cm³/mol. The lowest BCUT2D eigenvalue weighted by atomic mass is 10.1. The first-order valence-electron chi connectivity index (χ1n) is 6.18. The molecule has 3 rings (SSSR count). The Morgan fingerprint density at radius 1 is 1.10 bits per heavy atom. The number of hydrogen-bond donors (Lipinski definition) is 1. The Morgan fingerprint density at radius 2 is 1.90 bits per heavy atom. The zero-order valence-electron chi connectivity index (χ0n) is 10.5. The van der Waals surface area contributed by atoms with Gasteiger partial charge >= 0.3 is 0 Å². The van der Waals surface area contributed by atoms with Gasteiger partial charge in [0.25, 0.3) is 0 Å². The Labute approximate surface area is 114 Å². The first-order chi connectivity index (χ1) is 9.65. The Bertz CT molecular complexity index is 754. The molecule has 0 saturated carbocycles. The van der Waals surface area contributed by atoms with Crippen LogP contribution >= 0.6 is 0 Å². The van der Waals surface area contributed by atoms with E-state index in [1.54, 1.807) is 10.9 Å². The van der Waals surface area contributed by atoms with Crippen molar-refractivity contribution in [1.29, 1.82) is 0 Å². The number of fused-ring (bicyclic) bond motifs is 1. The van der Waals surface area contributed by atoms with Crippen LogP contribution < -0.4 is 0 Å². The molecule has 0 amide bonds. The molecule has 0 aliphatic rings. The molecule has 1 unspecified atom stereocenters. The van der Waals surface area contributed by atoms with Crippen LogP contribution in [-0.2, 0) is 6.54 Å². The van der Waals surface area contributed by atoms with Crippen molar-refractivity contribution in [2.45, 2.75) is 12.6 Å². The van der Waals surface area contributed by atoms with Gasteiger partial charge in [-0.15, -0.1) is 0 Å². The molecule has 3 nitrogen and oxygen atoms in total. The lowest BCUT2D eigenvalue weighted by Gasteiger charge is -2.12. The molecule has 2 aromatic carbocycles. The minimum Gasteiger partial charge on any atom is -0.387 e. The molecule has 0 spiro atoms. The third-order valence-corrected chi connectivity index (χ3v) is 3.23. The normalized spacial score (nSPS) is 12.8. The van der Waals surface area contributed by atoms with E-state index in [-0.39, 0.29) is 6.54 Å². The number of aliphatic hydroxyl groups is 1. The summed E-state index contributed by atoms with van der Waals surface area (Å²) in [6.45, 7) is 0.228. The van der Waals surface area contributed by atoms with E-state index in [9.17, 15) is 13.9 Å². The van der Waals surface area contributed by atoms with Gasteiger partial charge < -0.3 is 9.67 Å². The fourth-order valence-corrected chi connectivity index (χ4v) is 2.17. The Balaban J connectivity index is 1.88. The standard InChI is InChI=1S/C15H12F2N2O/c16-11-6-5-10(7-12(11)17)15(20)8-19-9-18-13-3-1-2-4-14(13)19/h1-7,9,15,20H,8H2. The molecule has 0 aliphatic carbocycles. The van der Waals surface area contributed by atoms with Crippen LogP contribution in [0.5, 0.6) is 0 Å². The number of benzene rings is 2. The van der Waals surface area contributed by atoms with Crippen molar-refractivity contribution >= 4 is 11.0 Å². The summed E-state index contributed by atoms with van der Waals surface area (Å²) in [5.74, 6) is -1.88. The van der Waals surface area contributed by atoms with Crippen LogP contribution in [0.4, 0.5) is 8.78 Å². The highest BCUT2D eigenvalue weighted by Gasteiger charge is 2.13. The number of hydrogen-bond acceptors (Lipinski definition) is 2. The van der Waals surface area contributed by atoms with Gasteiger partial charge in [-0.1, -0.05) is 18.2 Å². The van der Waals surface area contributed by atoms with E-state index in [2.05, 4.69) is 4.98 Å². The van der Waals surface area contributed by atoms with Crippen molar-refractivity contribution in [2.75, 3.05) is 0 Å². The first-order valence-corrected chi connectivity index (χ1v) is 6.18. The second-order valence-corrected chi connectivity index (χ2v) is 4.57. The van der Waals surface area contributed by atoms with E-state index in [1.807, 2.05) is 24.3 Å². The van der Waals surface area contributed by atoms with Crippen molar-refractivity contribution in [3.63, 3.8) is 0 Å². The third-order valence-electron chi connectivity index (χ3n) is 3.23. The summed E-state index contributed by atoms with van der Waals surface area (Å²) >= 11 is 0. The van der Waals surface area contributed by atoms with Crippen molar-refractivity contribution in [3.05, 3.63) is 66.0 Å². The largest absolute Gasteiger partial charge is 0.387 e.